The predicted octanol–water partition coefficient (Wildman–Crippen LogP) is 6.67. The van der Waals surface area contributed by atoms with Crippen LogP contribution in [0, 0.1) is 6.92 Å². The summed E-state index contributed by atoms with van der Waals surface area (Å²) in [7, 11) is 1.83. The molecule has 4 rings (SSSR count). The molecule has 0 unspecified atom stereocenters. The number of ether oxygens (including phenoxy) is 1. The first kappa shape index (κ1) is 29.8. The maximum absolute atomic E-state index is 12.4. The van der Waals surface area contributed by atoms with Crippen molar-refractivity contribution < 1.29 is 9.53 Å². The van der Waals surface area contributed by atoms with Crippen molar-refractivity contribution in [2.45, 2.75) is 63.9 Å². The van der Waals surface area contributed by atoms with Gasteiger partial charge in [0.1, 0.15) is 5.60 Å². The second kappa shape index (κ2) is 13.5. The smallest absolute Gasteiger partial charge is 0.410 e. The minimum Gasteiger partial charge on any atom is -0.444 e. The summed E-state index contributed by atoms with van der Waals surface area (Å²) in [6, 6.07) is 16.5. The lowest BCUT2D eigenvalue weighted by Gasteiger charge is -2.37. The highest BCUT2D eigenvalue weighted by Crippen LogP contribution is 2.26. The van der Waals surface area contributed by atoms with Gasteiger partial charge in [-0.3, -0.25) is 4.79 Å². The van der Waals surface area contributed by atoms with Gasteiger partial charge in [0.25, 0.3) is 5.56 Å². The number of rotatable bonds is 10. The number of hydrogen-bond donors (Lipinski definition) is 1. The van der Waals surface area contributed by atoms with Gasteiger partial charge in [-0.25, -0.2) is 4.79 Å². The quantitative estimate of drug-likeness (QED) is 0.219. The number of carbonyl (C=O) groups excluding carboxylic acids is 1. The molecule has 8 heteroatoms. The Morgan fingerprint density at radius 2 is 1.68 bits per heavy atom. The Kier molecular flexibility index (Phi) is 10.1. The average Bonchev–Trinajstić information content (AvgIpc) is 2.91. The van der Waals surface area contributed by atoms with Crippen LogP contribution in [-0.4, -0.2) is 59.6 Å². The standard InChI is InChI=1S/C32H44N4O3S/c1-24-22-26(12-14-28(24)35-17-19-36(20-18-35)31(38)39-32(2,3)4)33-16-8-6-7-9-21-40-27-13-10-25-11-15-30(37)34(5)29(25)23-27/h10-15,22-23,33H,6-9,16-21H2,1-5H3. The fourth-order valence-electron chi connectivity index (χ4n) is 5.02. The van der Waals surface area contributed by atoms with Crippen molar-refractivity contribution in [2.24, 2.45) is 7.05 Å². The van der Waals surface area contributed by atoms with Crippen molar-refractivity contribution in [3.05, 3.63) is 64.4 Å². The molecule has 40 heavy (non-hydrogen) atoms. The Morgan fingerprint density at radius 3 is 2.40 bits per heavy atom. The maximum Gasteiger partial charge on any atom is 0.410 e. The number of unbranched alkanes of at least 4 members (excludes halogenated alkanes) is 3. The van der Waals surface area contributed by atoms with E-state index in [2.05, 4.69) is 53.5 Å². The van der Waals surface area contributed by atoms with Crippen molar-refractivity contribution in [3.63, 3.8) is 0 Å². The molecule has 2 aromatic carbocycles. The summed E-state index contributed by atoms with van der Waals surface area (Å²) in [6.45, 7) is 11.8. The second-order valence-electron chi connectivity index (χ2n) is 11.6. The van der Waals surface area contributed by atoms with Crippen molar-refractivity contribution >= 4 is 40.1 Å². The van der Waals surface area contributed by atoms with Gasteiger partial charge in [-0.15, -0.1) is 11.8 Å². The third kappa shape index (κ3) is 8.19. The minimum absolute atomic E-state index is 0.0320. The number of aryl methyl sites for hydroxylation is 2. The third-order valence-electron chi connectivity index (χ3n) is 7.24. The molecule has 2 heterocycles. The number of benzene rings is 2. The molecule has 0 saturated carbocycles. The number of pyridine rings is 1. The van der Waals surface area contributed by atoms with Crippen LogP contribution in [0.2, 0.25) is 0 Å². The van der Waals surface area contributed by atoms with Crippen molar-refractivity contribution in [1.29, 1.82) is 0 Å². The SMILES string of the molecule is Cc1cc(NCCCCCCSc2ccc3ccc(=O)n(C)c3c2)ccc1N1CCN(C(=O)OC(C)(C)C)CC1. The Labute approximate surface area is 242 Å². The summed E-state index contributed by atoms with van der Waals surface area (Å²) < 4.78 is 7.24. The lowest BCUT2D eigenvalue weighted by Crippen LogP contribution is -2.50. The van der Waals surface area contributed by atoms with Crippen LogP contribution < -0.4 is 15.8 Å². The van der Waals surface area contributed by atoms with E-state index in [4.69, 9.17) is 4.74 Å². The van der Waals surface area contributed by atoms with E-state index in [-0.39, 0.29) is 11.7 Å². The molecule has 0 radical (unpaired) electrons. The molecule has 1 N–H and O–H groups in total. The third-order valence-corrected chi connectivity index (χ3v) is 8.32. The van der Waals surface area contributed by atoms with Gasteiger partial charge in [0, 0.05) is 62.1 Å². The van der Waals surface area contributed by atoms with Gasteiger partial charge in [0.2, 0.25) is 0 Å². The average molecular weight is 565 g/mol. The van der Waals surface area contributed by atoms with Crippen molar-refractivity contribution in [2.75, 3.05) is 48.7 Å². The highest BCUT2D eigenvalue weighted by Gasteiger charge is 2.26. The first-order valence-electron chi connectivity index (χ1n) is 14.4. The van der Waals surface area contributed by atoms with Crippen molar-refractivity contribution in [1.82, 2.24) is 9.47 Å². The van der Waals surface area contributed by atoms with Crippen LogP contribution in [0.1, 0.15) is 52.0 Å². The van der Waals surface area contributed by atoms with E-state index in [9.17, 15) is 9.59 Å². The normalized spacial score (nSPS) is 14.0. The van der Waals surface area contributed by atoms with E-state index in [1.807, 2.05) is 45.6 Å². The Bertz CT molecular complexity index is 1360. The molecular weight excluding hydrogens is 520 g/mol. The van der Waals surface area contributed by atoms with Crippen LogP contribution in [0.15, 0.2) is 58.2 Å². The Balaban J connectivity index is 1.12. The lowest BCUT2D eigenvalue weighted by atomic mass is 10.1. The van der Waals surface area contributed by atoms with Crippen LogP contribution in [0.25, 0.3) is 10.9 Å². The molecule has 0 bridgehead atoms. The minimum atomic E-state index is -0.463. The molecule has 1 aromatic heterocycles. The highest BCUT2D eigenvalue weighted by molar-refractivity contribution is 7.99. The van der Waals surface area contributed by atoms with Gasteiger partial charge in [0.05, 0.1) is 5.52 Å². The molecule has 3 aromatic rings. The van der Waals surface area contributed by atoms with Crippen LogP contribution in [0.4, 0.5) is 16.2 Å². The molecule has 7 nitrogen and oxygen atoms in total. The fraction of sp³-hybridized carbons (Fsp3) is 0.500. The number of thioether (sulfide) groups is 1. The molecule has 1 amide bonds. The summed E-state index contributed by atoms with van der Waals surface area (Å²) in [5.74, 6) is 1.09. The molecule has 1 fully saturated rings. The molecule has 216 valence electrons. The number of carbonyl (C=O) groups is 1. The summed E-state index contributed by atoms with van der Waals surface area (Å²) in [5.41, 5.74) is 4.21. The molecule has 1 aliphatic heterocycles. The van der Waals surface area contributed by atoms with Crippen LogP contribution >= 0.6 is 11.8 Å². The highest BCUT2D eigenvalue weighted by atomic mass is 32.2. The maximum atomic E-state index is 12.4. The van der Waals surface area contributed by atoms with Crippen LogP contribution in [0.5, 0.6) is 0 Å². The summed E-state index contributed by atoms with van der Waals surface area (Å²) >= 11 is 1.87. The molecule has 0 aliphatic carbocycles. The summed E-state index contributed by atoms with van der Waals surface area (Å²) in [6.07, 6.45) is 4.54. The predicted molar refractivity (Wildman–Crippen MR) is 168 cm³/mol. The number of amides is 1. The fourth-order valence-corrected chi connectivity index (χ4v) is 5.96. The molecule has 0 atom stereocenters. The van der Waals surface area contributed by atoms with Gasteiger partial charge < -0.3 is 24.4 Å². The summed E-state index contributed by atoms with van der Waals surface area (Å²) in [4.78, 5) is 29.6. The zero-order chi connectivity index (χ0) is 28.7. The largest absolute Gasteiger partial charge is 0.444 e. The molecule has 1 aliphatic rings. The number of piperazine rings is 1. The Hall–Kier alpha value is -3.13. The number of anilines is 2. The number of aromatic nitrogens is 1. The van der Waals surface area contributed by atoms with E-state index in [0.29, 0.717) is 13.1 Å². The zero-order valence-electron chi connectivity index (χ0n) is 24.7. The van der Waals surface area contributed by atoms with E-state index in [0.717, 1.165) is 48.4 Å². The number of fused-ring (bicyclic) bond motifs is 1. The topological polar surface area (TPSA) is 66.8 Å². The van der Waals surface area contributed by atoms with Gasteiger partial charge >= 0.3 is 6.09 Å². The number of nitrogens with zero attached hydrogens (tertiary/aromatic N) is 3. The first-order chi connectivity index (χ1) is 19.1. The molecular formula is C32H44N4O3S. The zero-order valence-corrected chi connectivity index (χ0v) is 25.5. The van der Waals surface area contributed by atoms with E-state index in [1.165, 1.54) is 35.4 Å². The lowest BCUT2D eigenvalue weighted by molar-refractivity contribution is 0.0240. The van der Waals surface area contributed by atoms with Gasteiger partial charge in [-0.2, -0.15) is 0 Å². The number of hydrogen-bond acceptors (Lipinski definition) is 6. The van der Waals surface area contributed by atoms with E-state index >= 15 is 0 Å². The second-order valence-corrected chi connectivity index (χ2v) is 12.8. The monoisotopic (exact) mass is 564 g/mol. The van der Waals surface area contributed by atoms with E-state index in [1.54, 1.807) is 15.5 Å². The van der Waals surface area contributed by atoms with Gasteiger partial charge in [-0.1, -0.05) is 18.9 Å². The van der Waals surface area contributed by atoms with Gasteiger partial charge in [-0.05, 0) is 93.6 Å². The van der Waals surface area contributed by atoms with Crippen LogP contribution in [0.3, 0.4) is 0 Å². The molecule has 0 spiro atoms. The van der Waals surface area contributed by atoms with Crippen molar-refractivity contribution in [3.8, 4) is 0 Å². The first-order valence-corrected chi connectivity index (χ1v) is 15.4. The van der Waals surface area contributed by atoms with E-state index < -0.39 is 5.60 Å². The van der Waals surface area contributed by atoms with Crippen LogP contribution in [-0.2, 0) is 11.8 Å². The van der Waals surface area contributed by atoms with Gasteiger partial charge in [0.15, 0.2) is 0 Å². The molecule has 1 saturated heterocycles. The number of nitrogens with one attached hydrogen (secondary N) is 1. The Morgan fingerprint density at radius 1 is 0.950 bits per heavy atom. The summed E-state index contributed by atoms with van der Waals surface area (Å²) in [5, 5.41) is 4.68.